The van der Waals surface area contributed by atoms with Gasteiger partial charge in [-0.05, 0) is 19.1 Å². The number of hydrogen-bond acceptors (Lipinski definition) is 5. The first-order valence-corrected chi connectivity index (χ1v) is 5.44. The molecule has 3 N–H and O–H groups in total. The Bertz CT molecular complexity index is 523. The van der Waals surface area contributed by atoms with Gasteiger partial charge in [0.25, 0.3) is 5.91 Å². The normalized spacial score (nSPS) is 10.1. The maximum absolute atomic E-state index is 11.8. The number of carbonyl (C=O) groups is 1. The molecular weight excluding hydrogens is 224 g/mol. The summed E-state index contributed by atoms with van der Waals surface area (Å²) in [4.78, 5) is 11.8. The van der Waals surface area contributed by atoms with Gasteiger partial charge in [0.05, 0.1) is 0 Å². The molecule has 0 spiro atoms. The number of aryl methyl sites for hydroxylation is 1. The van der Waals surface area contributed by atoms with Gasteiger partial charge in [0, 0.05) is 5.56 Å². The number of carbonyl (C=O) groups excluding carboxylic acids is 1. The highest BCUT2D eigenvalue weighted by molar-refractivity contribution is 7.19. The van der Waals surface area contributed by atoms with Crippen LogP contribution in [0.3, 0.4) is 0 Å². The van der Waals surface area contributed by atoms with Crippen molar-refractivity contribution in [1.82, 2.24) is 10.2 Å². The van der Waals surface area contributed by atoms with Crippen LogP contribution in [-0.4, -0.2) is 16.1 Å². The Morgan fingerprint density at radius 3 is 2.88 bits per heavy atom. The predicted molar refractivity (Wildman–Crippen MR) is 63.5 cm³/mol. The zero-order valence-electron chi connectivity index (χ0n) is 8.60. The van der Waals surface area contributed by atoms with E-state index < -0.39 is 0 Å². The average Bonchev–Trinajstić information content (AvgIpc) is 2.64. The van der Waals surface area contributed by atoms with Crippen LogP contribution in [0.15, 0.2) is 24.3 Å². The Morgan fingerprint density at radius 1 is 1.44 bits per heavy atom. The third-order valence-electron chi connectivity index (χ3n) is 1.94. The molecule has 1 heterocycles. The number of aromatic nitrogens is 2. The molecule has 0 bridgehead atoms. The van der Waals surface area contributed by atoms with Crippen LogP contribution in [0.5, 0.6) is 0 Å². The molecule has 0 fully saturated rings. The lowest BCUT2D eigenvalue weighted by atomic mass is 10.1. The van der Waals surface area contributed by atoms with Crippen LogP contribution >= 0.6 is 11.3 Å². The number of nitrogens with two attached hydrogens (primary N) is 1. The molecule has 0 atom stereocenters. The van der Waals surface area contributed by atoms with Gasteiger partial charge in [-0.1, -0.05) is 29.0 Å². The van der Waals surface area contributed by atoms with Crippen molar-refractivity contribution >= 4 is 27.5 Å². The number of nitrogen functional groups attached to an aromatic ring is 1. The molecule has 0 aliphatic carbocycles. The molecule has 1 aromatic heterocycles. The molecule has 6 heteroatoms. The molecule has 2 aromatic rings. The zero-order valence-corrected chi connectivity index (χ0v) is 9.41. The Hall–Kier alpha value is -1.95. The molecule has 0 unspecified atom stereocenters. The zero-order chi connectivity index (χ0) is 11.5. The number of nitrogens with one attached hydrogen (secondary N) is 1. The van der Waals surface area contributed by atoms with E-state index in [1.54, 1.807) is 12.1 Å². The smallest absolute Gasteiger partial charge is 0.257 e. The van der Waals surface area contributed by atoms with Gasteiger partial charge >= 0.3 is 0 Å². The van der Waals surface area contributed by atoms with E-state index in [4.69, 9.17) is 5.73 Å². The molecule has 82 valence electrons. The van der Waals surface area contributed by atoms with E-state index in [2.05, 4.69) is 15.5 Å². The summed E-state index contributed by atoms with van der Waals surface area (Å²) in [6.07, 6.45) is 0. The van der Waals surface area contributed by atoms with Gasteiger partial charge in [-0.15, -0.1) is 10.2 Å². The molecule has 2 rings (SSSR count). The third kappa shape index (κ3) is 2.34. The van der Waals surface area contributed by atoms with Crippen molar-refractivity contribution in [2.75, 3.05) is 11.1 Å². The van der Waals surface area contributed by atoms with Gasteiger partial charge < -0.3 is 5.73 Å². The first-order valence-electron chi connectivity index (χ1n) is 4.62. The van der Waals surface area contributed by atoms with Crippen LogP contribution < -0.4 is 11.1 Å². The largest absolute Gasteiger partial charge is 0.374 e. The van der Waals surface area contributed by atoms with Gasteiger partial charge in [0.2, 0.25) is 10.3 Å². The molecular formula is C10H10N4OS. The summed E-state index contributed by atoms with van der Waals surface area (Å²) < 4.78 is 0. The number of amides is 1. The number of benzene rings is 1. The Balaban J connectivity index is 2.14. The maximum atomic E-state index is 11.8. The third-order valence-corrected chi connectivity index (χ3v) is 2.61. The van der Waals surface area contributed by atoms with E-state index in [1.807, 2.05) is 19.1 Å². The van der Waals surface area contributed by atoms with Crippen LogP contribution in [0.25, 0.3) is 0 Å². The van der Waals surface area contributed by atoms with E-state index >= 15 is 0 Å². The maximum Gasteiger partial charge on any atom is 0.257 e. The number of rotatable bonds is 2. The van der Waals surface area contributed by atoms with Crippen molar-refractivity contribution in [2.45, 2.75) is 6.92 Å². The molecule has 0 saturated heterocycles. The fourth-order valence-corrected chi connectivity index (χ4v) is 1.75. The summed E-state index contributed by atoms with van der Waals surface area (Å²) in [5, 5.41) is 10.7. The second-order valence-corrected chi connectivity index (χ2v) is 4.28. The Kier molecular flexibility index (Phi) is 2.82. The van der Waals surface area contributed by atoms with Crippen molar-refractivity contribution in [3.63, 3.8) is 0 Å². The summed E-state index contributed by atoms with van der Waals surface area (Å²) >= 11 is 1.14. The minimum atomic E-state index is -0.208. The SMILES string of the molecule is Cc1cccc(C(=O)Nc2nnc(N)s2)c1. The minimum absolute atomic E-state index is 0.208. The van der Waals surface area contributed by atoms with Crippen molar-refractivity contribution in [1.29, 1.82) is 0 Å². The fourth-order valence-electron chi connectivity index (χ4n) is 1.24. The highest BCUT2D eigenvalue weighted by Crippen LogP contribution is 2.17. The molecule has 16 heavy (non-hydrogen) atoms. The van der Waals surface area contributed by atoms with Crippen molar-refractivity contribution in [3.05, 3.63) is 35.4 Å². The Labute approximate surface area is 96.3 Å². The highest BCUT2D eigenvalue weighted by atomic mass is 32.1. The van der Waals surface area contributed by atoms with Gasteiger partial charge in [-0.3, -0.25) is 10.1 Å². The monoisotopic (exact) mass is 234 g/mol. The van der Waals surface area contributed by atoms with Crippen molar-refractivity contribution in [2.24, 2.45) is 0 Å². The van der Waals surface area contributed by atoms with Crippen LogP contribution in [0.1, 0.15) is 15.9 Å². The van der Waals surface area contributed by atoms with Crippen LogP contribution in [0.2, 0.25) is 0 Å². The highest BCUT2D eigenvalue weighted by Gasteiger charge is 2.08. The summed E-state index contributed by atoms with van der Waals surface area (Å²) in [7, 11) is 0. The van der Waals surface area contributed by atoms with E-state index in [0.29, 0.717) is 15.8 Å². The number of nitrogens with zero attached hydrogens (tertiary/aromatic N) is 2. The topological polar surface area (TPSA) is 80.9 Å². The van der Waals surface area contributed by atoms with Gasteiger partial charge in [-0.2, -0.15) is 0 Å². The van der Waals surface area contributed by atoms with E-state index in [9.17, 15) is 4.79 Å². The van der Waals surface area contributed by atoms with Crippen LogP contribution in [-0.2, 0) is 0 Å². The summed E-state index contributed by atoms with van der Waals surface area (Å²) in [6, 6.07) is 7.31. The molecule has 0 aliphatic heterocycles. The number of hydrogen-bond donors (Lipinski definition) is 2. The Morgan fingerprint density at radius 2 is 2.25 bits per heavy atom. The lowest BCUT2D eigenvalue weighted by molar-refractivity contribution is 0.102. The van der Waals surface area contributed by atoms with Crippen molar-refractivity contribution in [3.8, 4) is 0 Å². The second kappa shape index (κ2) is 4.28. The summed E-state index contributed by atoms with van der Waals surface area (Å²) in [6.45, 7) is 1.93. The summed E-state index contributed by atoms with van der Waals surface area (Å²) in [5.74, 6) is -0.208. The van der Waals surface area contributed by atoms with Gasteiger partial charge in [-0.25, -0.2) is 0 Å². The molecule has 1 amide bonds. The second-order valence-electron chi connectivity index (χ2n) is 3.27. The molecule has 0 aliphatic rings. The molecule has 0 saturated carbocycles. The van der Waals surface area contributed by atoms with E-state index in [1.165, 1.54) is 0 Å². The lowest BCUT2D eigenvalue weighted by Gasteiger charge is -2.01. The quantitative estimate of drug-likeness (QED) is 0.828. The van der Waals surface area contributed by atoms with E-state index in [-0.39, 0.29) is 5.91 Å². The fraction of sp³-hybridized carbons (Fsp3) is 0.100. The standard InChI is InChI=1S/C10H10N4OS/c1-6-3-2-4-7(5-6)8(15)12-10-14-13-9(11)16-10/h2-5H,1H3,(H2,11,13)(H,12,14,15). The molecule has 5 nitrogen and oxygen atoms in total. The summed E-state index contributed by atoms with van der Waals surface area (Å²) in [5.41, 5.74) is 7.03. The minimum Gasteiger partial charge on any atom is -0.374 e. The first-order chi connectivity index (χ1) is 7.65. The molecule has 1 aromatic carbocycles. The van der Waals surface area contributed by atoms with Crippen molar-refractivity contribution < 1.29 is 4.79 Å². The lowest BCUT2D eigenvalue weighted by Crippen LogP contribution is -2.11. The van der Waals surface area contributed by atoms with Gasteiger partial charge in [0.15, 0.2) is 0 Å². The predicted octanol–water partition coefficient (Wildman–Crippen LogP) is 1.68. The average molecular weight is 234 g/mol. The van der Waals surface area contributed by atoms with Crippen LogP contribution in [0, 0.1) is 6.92 Å². The van der Waals surface area contributed by atoms with Crippen LogP contribution in [0.4, 0.5) is 10.3 Å². The van der Waals surface area contributed by atoms with Gasteiger partial charge in [0.1, 0.15) is 0 Å². The number of anilines is 2. The first kappa shape index (κ1) is 10.6. The van der Waals surface area contributed by atoms with E-state index in [0.717, 1.165) is 16.9 Å². The molecule has 0 radical (unpaired) electrons.